The van der Waals surface area contributed by atoms with Crippen LogP contribution in [0.15, 0.2) is 12.3 Å². The average Bonchev–Trinajstić information content (AvgIpc) is 2.97. The molecule has 2 rings (SSSR count). The highest BCUT2D eigenvalue weighted by Gasteiger charge is 2.15. The topological polar surface area (TPSA) is 52.7 Å². The molecule has 1 fully saturated rings. The molecular weight excluding hydrogens is 230 g/mol. The van der Waals surface area contributed by atoms with E-state index < -0.39 is 0 Å². The highest BCUT2D eigenvalue weighted by Crippen LogP contribution is 2.07. The van der Waals surface area contributed by atoms with E-state index in [4.69, 9.17) is 0 Å². The molecule has 0 aromatic rings. The van der Waals surface area contributed by atoms with Crippen molar-refractivity contribution in [2.45, 2.75) is 25.7 Å². The van der Waals surface area contributed by atoms with Crippen LogP contribution >= 0.6 is 0 Å². The minimum absolute atomic E-state index is 0.0974. The molecule has 0 aromatic heterocycles. The van der Waals surface area contributed by atoms with Crippen molar-refractivity contribution in [1.82, 2.24) is 15.1 Å². The van der Waals surface area contributed by atoms with Gasteiger partial charge in [0.1, 0.15) is 0 Å². The molecule has 5 nitrogen and oxygen atoms in total. The van der Waals surface area contributed by atoms with Crippen LogP contribution in [-0.2, 0) is 9.59 Å². The third-order valence-corrected chi connectivity index (χ3v) is 3.36. The average molecular weight is 251 g/mol. The number of nitrogens with zero attached hydrogens (tertiary/aromatic N) is 2. The second-order valence-electron chi connectivity index (χ2n) is 4.86. The molecule has 0 saturated carbocycles. The third kappa shape index (κ3) is 3.84. The Bertz CT molecular complexity index is 335. The predicted octanol–water partition coefficient (Wildman–Crippen LogP) is 0.335. The summed E-state index contributed by atoms with van der Waals surface area (Å²) in [6.45, 7) is 3.94. The lowest BCUT2D eigenvalue weighted by Crippen LogP contribution is -2.37. The SMILES string of the molecule is O=C(CN1CCCC1)NCCCN1C=CCC1=O. The number of carbonyl (C=O) groups is 2. The molecular formula is C13H21N3O2. The van der Waals surface area contributed by atoms with Crippen LogP contribution in [0.1, 0.15) is 25.7 Å². The zero-order valence-electron chi connectivity index (χ0n) is 10.7. The van der Waals surface area contributed by atoms with E-state index in [1.807, 2.05) is 12.3 Å². The Morgan fingerprint density at radius 1 is 1.33 bits per heavy atom. The van der Waals surface area contributed by atoms with Crippen molar-refractivity contribution < 1.29 is 9.59 Å². The number of hydrogen-bond acceptors (Lipinski definition) is 3. The molecule has 5 heteroatoms. The van der Waals surface area contributed by atoms with Gasteiger partial charge in [0, 0.05) is 25.7 Å². The normalized spacial score (nSPS) is 19.8. The Balaban J connectivity index is 1.53. The minimum atomic E-state index is 0.0974. The lowest BCUT2D eigenvalue weighted by Gasteiger charge is -2.15. The van der Waals surface area contributed by atoms with Gasteiger partial charge in [0.25, 0.3) is 0 Å². The number of nitrogens with one attached hydrogen (secondary N) is 1. The standard InChI is InChI=1S/C13H21N3O2/c17-12(11-15-7-1-2-8-15)14-6-4-10-16-9-3-5-13(16)18/h3,9H,1-2,4-8,10-11H2,(H,14,17). The van der Waals surface area contributed by atoms with Crippen LogP contribution in [0.3, 0.4) is 0 Å². The van der Waals surface area contributed by atoms with E-state index in [1.54, 1.807) is 4.90 Å². The molecule has 0 radical (unpaired) electrons. The zero-order valence-corrected chi connectivity index (χ0v) is 10.7. The third-order valence-electron chi connectivity index (χ3n) is 3.36. The highest BCUT2D eigenvalue weighted by atomic mass is 16.2. The lowest BCUT2D eigenvalue weighted by atomic mass is 10.3. The van der Waals surface area contributed by atoms with E-state index in [0.717, 1.165) is 19.5 Å². The van der Waals surface area contributed by atoms with Crippen LogP contribution < -0.4 is 5.32 Å². The van der Waals surface area contributed by atoms with Crippen molar-refractivity contribution in [3.8, 4) is 0 Å². The summed E-state index contributed by atoms with van der Waals surface area (Å²) in [5.41, 5.74) is 0. The smallest absolute Gasteiger partial charge is 0.234 e. The first kappa shape index (κ1) is 13.1. The van der Waals surface area contributed by atoms with Crippen molar-refractivity contribution in [2.24, 2.45) is 0 Å². The van der Waals surface area contributed by atoms with Crippen LogP contribution in [0.4, 0.5) is 0 Å². The number of hydrogen-bond donors (Lipinski definition) is 1. The second-order valence-corrected chi connectivity index (χ2v) is 4.86. The van der Waals surface area contributed by atoms with Gasteiger partial charge in [-0.3, -0.25) is 14.5 Å². The fourth-order valence-corrected chi connectivity index (χ4v) is 2.36. The Labute approximate surface area is 108 Å². The van der Waals surface area contributed by atoms with Gasteiger partial charge in [-0.15, -0.1) is 0 Å². The maximum absolute atomic E-state index is 11.6. The van der Waals surface area contributed by atoms with Gasteiger partial charge in [-0.05, 0) is 32.4 Å². The molecule has 2 heterocycles. The summed E-state index contributed by atoms with van der Waals surface area (Å²) in [5, 5.41) is 2.91. The molecule has 18 heavy (non-hydrogen) atoms. The molecule has 100 valence electrons. The van der Waals surface area contributed by atoms with Gasteiger partial charge < -0.3 is 10.2 Å². The Hall–Kier alpha value is -1.36. The van der Waals surface area contributed by atoms with Crippen LogP contribution in [0.2, 0.25) is 0 Å². The van der Waals surface area contributed by atoms with Gasteiger partial charge in [0.2, 0.25) is 11.8 Å². The summed E-state index contributed by atoms with van der Waals surface area (Å²) < 4.78 is 0. The summed E-state index contributed by atoms with van der Waals surface area (Å²) in [7, 11) is 0. The summed E-state index contributed by atoms with van der Waals surface area (Å²) in [6.07, 6.45) is 7.43. The minimum Gasteiger partial charge on any atom is -0.355 e. The number of amides is 2. The Kier molecular flexibility index (Phi) is 4.75. The molecule has 1 saturated heterocycles. The number of carbonyl (C=O) groups excluding carboxylic acids is 2. The van der Waals surface area contributed by atoms with Gasteiger partial charge in [0.15, 0.2) is 0 Å². The fraction of sp³-hybridized carbons (Fsp3) is 0.692. The summed E-state index contributed by atoms with van der Waals surface area (Å²) in [5.74, 6) is 0.249. The van der Waals surface area contributed by atoms with Gasteiger partial charge in [0.05, 0.1) is 6.54 Å². The van der Waals surface area contributed by atoms with Crippen LogP contribution in [0, 0.1) is 0 Å². The van der Waals surface area contributed by atoms with Gasteiger partial charge in [-0.25, -0.2) is 0 Å². The van der Waals surface area contributed by atoms with E-state index >= 15 is 0 Å². The zero-order chi connectivity index (χ0) is 12.8. The largest absolute Gasteiger partial charge is 0.355 e. The van der Waals surface area contributed by atoms with Crippen molar-refractivity contribution >= 4 is 11.8 Å². The maximum Gasteiger partial charge on any atom is 0.234 e. The molecule has 0 spiro atoms. The number of rotatable bonds is 6. The highest BCUT2D eigenvalue weighted by molar-refractivity contribution is 5.81. The van der Waals surface area contributed by atoms with E-state index in [2.05, 4.69) is 10.2 Å². The second kappa shape index (κ2) is 6.54. The van der Waals surface area contributed by atoms with Crippen LogP contribution in [-0.4, -0.2) is 54.3 Å². The quantitative estimate of drug-likeness (QED) is 0.692. The van der Waals surface area contributed by atoms with Crippen molar-refractivity contribution in [3.63, 3.8) is 0 Å². The lowest BCUT2D eigenvalue weighted by molar-refractivity contribution is -0.126. The Morgan fingerprint density at radius 3 is 2.78 bits per heavy atom. The van der Waals surface area contributed by atoms with E-state index in [1.165, 1.54) is 12.8 Å². The molecule has 0 atom stereocenters. The Morgan fingerprint density at radius 2 is 2.11 bits per heavy atom. The molecule has 1 N–H and O–H groups in total. The van der Waals surface area contributed by atoms with Crippen molar-refractivity contribution in [2.75, 3.05) is 32.7 Å². The van der Waals surface area contributed by atoms with Gasteiger partial charge >= 0.3 is 0 Å². The molecule has 2 aliphatic heterocycles. The first-order valence-electron chi connectivity index (χ1n) is 6.71. The molecule has 2 amide bonds. The first-order chi connectivity index (χ1) is 8.75. The van der Waals surface area contributed by atoms with E-state index in [-0.39, 0.29) is 11.8 Å². The van der Waals surface area contributed by atoms with Crippen LogP contribution in [0.25, 0.3) is 0 Å². The van der Waals surface area contributed by atoms with Crippen LogP contribution in [0.5, 0.6) is 0 Å². The maximum atomic E-state index is 11.6. The van der Waals surface area contributed by atoms with E-state index in [0.29, 0.717) is 26.1 Å². The first-order valence-corrected chi connectivity index (χ1v) is 6.71. The molecule has 0 aliphatic carbocycles. The fourth-order valence-electron chi connectivity index (χ4n) is 2.36. The molecule has 0 unspecified atom stereocenters. The molecule has 0 bridgehead atoms. The van der Waals surface area contributed by atoms with Gasteiger partial charge in [-0.1, -0.05) is 6.08 Å². The monoisotopic (exact) mass is 251 g/mol. The van der Waals surface area contributed by atoms with Crippen molar-refractivity contribution in [1.29, 1.82) is 0 Å². The number of likely N-dealkylation sites (tertiary alicyclic amines) is 1. The summed E-state index contributed by atoms with van der Waals surface area (Å²) >= 11 is 0. The van der Waals surface area contributed by atoms with E-state index in [9.17, 15) is 9.59 Å². The van der Waals surface area contributed by atoms with Gasteiger partial charge in [-0.2, -0.15) is 0 Å². The molecule has 0 aromatic carbocycles. The summed E-state index contributed by atoms with van der Waals surface area (Å²) in [6, 6.07) is 0. The summed E-state index contributed by atoms with van der Waals surface area (Å²) in [4.78, 5) is 26.8. The predicted molar refractivity (Wildman–Crippen MR) is 68.8 cm³/mol. The molecule has 2 aliphatic rings. The van der Waals surface area contributed by atoms with Crippen molar-refractivity contribution in [3.05, 3.63) is 12.3 Å².